The van der Waals surface area contributed by atoms with Gasteiger partial charge in [0.2, 0.25) is 0 Å². The van der Waals surface area contributed by atoms with Crippen molar-refractivity contribution in [2.24, 2.45) is 0 Å². The lowest BCUT2D eigenvalue weighted by atomic mass is 10.0. The Morgan fingerprint density at radius 1 is 1.41 bits per heavy atom. The molecule has 0 bridgehead atoms. The molecule has 1 aliphatic rings. The van der Waals surface area contributed by atoms with E-state index in [1.165, 1.54) is 6.33 Å². The molecule has 27 heavy (non-hydrogen) atoms. The van der Waals surface area contributed by atoms with E-state index in [1.807, 2.05) is 4.57 Å². The second kappa shape index (κ2) is 7.21. The van der Waals surface area contributed by atoms with Crippen molar-refractivity contribution in [2.45, 2.75) is 63.3 Å². The van der Waals surface area contributed by atoms with Crippen LogP contribution >= 0.6 is 22.6 Å². The number of alkyl halides is 1. The van der Waals surface area contributed by atoms with Crippen LogP contribution in [0.5, 0.6) is 0 Å². The first-order chi connectivity index (χ1) is 12.5. The Bertz CT molecular complexity index is 818. The highest BCUT2D eigenvalue weighted by Gasteiger charge is 2.53. The predicted molar refractivity (Wildman–Crippen MR) is 115 cm³/mol. The van der Waals surface area contributed by atoms with Crippen molar-refractivity contribution in [3.8, 4) is 0 Å². The molecule has 1 fully saturated rings. The summed E-state index contributed by atoms with van der Waals surface area (Å²) in [4.78, 5) is 12.6. The number of nitrogens with zero attached hydrogens (tertiary/aromatic N) is 4. The third-order valence-electron chi connectivity index (χ3n) is 5.81. The Balaban J connectivity index is 1.95. The normalized spacial score (nSPS) is 26.8. The molecule has 0 radical (unpaired) electrons. The first-order valence-electron chi connectivity index (χ1n) is 9.00. The summed E-state index contributed by atoms with van der Waals surface area (Å²) in [7, 11) is -2.03. The van der Waals surface area contributed by atoms with Gasteiger partial charge < -0.3 is 20.0 Å². The zero-order valence-corrected chi connectivity index (χ0v) is 19.6. The van der Waals surface area contributed by atoms with Crippen LogP contribution < -0.4 is 5.73 Å². The molecular formula is C17H28IN5O3Si. The van der Waals surface area contributed by atoms with E-state index in [4.69, 9.17) is 14.9 Å². The van der Waals surface area contributed by atoms with Gasteiger partial charge in [-0.1, -0.05) is 43.4 Å². The molecular weight excluding hydrogens is 477 g/mol. The summed E-state index contributed by atoms with van der Waals surface area (Å²) >= 11 is 2.26. The summed E-state index contributed by atoms with van der Waals surface area (Å²) in [6.07, 6.45) is 3.17. The molecule has 8 nitrogen and oxygen atoms in total. The summed E-state index contributed by atoms with van der Waals surface area (Å²) in [5.74, 6) is 0.341. The first kappa shape index (κ1) is 20.9. The van der Waals surface area contributed by atoms with E-state index < -0.39 is 13.9 Å². The second-order valence-corrected chi connectivity index (χ2v) is 14.1. The number of imidazole rings is 1. The number of hydrogen-bond acceptors (Lipinski definition) is 7. The number of nitrogens with two attached hydrogens (primary N) is 1. The van der Waals surface area contributed by atoms with Gasteiger partial charge in [-0.2, -0.15) is 0 Å². The fraction of sp³-hybridized carbons (Fsp3) is 0.706. The maximum Gasteiger partial charge on any atom is 0.192 e. The van der Waals surface area contributed by atoms with Crippen molar-refractivity contribution in [3.05, 3.63) is 12.7 Å². The second-order valence-electron chi connectivity index (χ2n) is 8.61. The Labute approximate surface area is 174 Å². The lowest BCUT2D eigenvalue weighted by Gasteiger charge is -2.42. The monoisotopic (exact) mass is 505 g/mol. The van der Waals surface area contributed by atoms with Gasteiger partial charge in [-0.25, -0.2) is 15.0 Å². The molecule has 10 heteroatoms. The van der Waals surface area contributed by atoms with E-state index in [0.717, 1.165) is 0 Å². The van der Waals surface area contributed by atoms with Crippen molar-refractivity contribution in [3.63, 3.8) is 0 Å². The van der Waals surface area contributed by atoms with Gasteiger partial charge >= 0.3 is 0 Å². The third kappa shape index (κ3) is 3.61. The lowest BCUT2D eigenvalue weighted by molar-refractivity contribution is -0.107. The zero-order valence-electron chi connectivity index (χ0n) is 16.4. The Morgan fingerprint density at radius 2 is 2.11 bits per heavy atom. The third-order valence-corrected chi connectivity index (χ3v) is 11.6. The van der Waals surface area contributed by atoms with Crippen LogP contribution in [0, 0.1) is 0 Å². The number of aliphatic hydroxyl groups is 1. The lowest BCUT2D eigenvalue weighted by Crippen LogP contribution is -2.53. The molecule has 0 unspecified atom stereocenters. The molecule has 2 aromatic heterocycles. The molecule has 1 saturated heterocycles. The van der Waals surface area contributed by atoms with Crippen molar-refractivity contribution < 1.29 is 14.3 Å². The standard InChI is InChI=1S/C17H28IN5O3Si/c1-16(2,3)27(4,5)26-11-6-12(25-17(11,7-18)8-24)23-10-22-13-14(19)20-9-21-15(13)23/h9-12,24H,6-8H2,1-5H3,(H2,19,20,21)/t11-,12+,17+/m0/s1. The number of rotatable bonds is 5. The zero-order chi connectivity index (χ0) is 20.0. The summed E-state index contributed by atoms with van der Waals surface area (Å²) in [5.41, 5.74) is 6.33. The van der Waals surface area contributed by atoms with E-state index in [1.54, 1.807) is 6.33 Å². The summed E-state index contributed by atoms with van der Waals surface area (Å²) in [5, 5.41) is 10.3. The molecule has 0 aliphatic carbocycles. The molecule has 3 atom stereocenters. The number of hydrogen-bond donors (Lipinski definition) is 2. The van der Waals surface area contributed by atoms with Gasteiger partial charge in [0.05, 0.1) is 19.0 Å². The number of anilines is 1. The van der Waals surface area contributed by atoms with Gasteiger partial charge in [0.15, 0.2) is 19.8 Å². The number of halogens is 1. The van der Waals surface area contributed by atoms with Crippen molar-refractivity contribution >= 4 is 47.9 Å². The first-order valence-corrected chi connectivity index (χ1v) is 13.4. The minimum Gasteiger partial charge on any atom is -0.411 e. The molecule has 1 aliphatic heterocycles. The van der Waals surface area contributed by atoms with E-state index in [9.17, 15) is 5.11 Å². The fourth-order valence-electron chi connectivity index (χ4n) is 3.03. The molecule has 0 spiro atoms. The highest BCUT2D eigenvalue weighted by atomic mass is 127. The molecule has 150 valence electrons. The minimum atomic E-state index is -2.03. The predicted octanol–water partition coefficient (Wildman–Crippen LogP) is 2.88. The number of fused-ring (bicyclic) bond motifs is 1. The number of aliphatic hydroxyl groups excluding tert-OH is 1. The molecule has 0 amide bonds. The molecule has 3 heterocycles. The van der Waals surface area contributed by atoms with E-state index >= 15 is 0 Å². The van der Waals surface area contributed by atoms with E-state index in [-0.39, 0.29) is 24.0 Å². The SMILES string of the molecule is CC(C)(C)[Si](C)(C)O[C@H]1C[C@H](n2cnc3c(N)ncnc32)O[C@@]1(CO)CI. The van der Waals surface area contributed by atoms with Crippen molar-refractivity contribution in [2.75, 3.05) is 16.8 Å². The maximum absolute atomic E-state index is 10.2. The van der Waals surface area contributed by atoms with Gasteiger partial charge in [-0.15, -0.1) is 0 Å². The quantitative estimate of drug-likeness (QED) is 0.366. The number of aromatic nitrogens is 4. The van der Waals surface area contributed by atoms with Crippen LogP contribution in [0.25, 0.3) is 11.2 Å². The van der Waals surface area contributed by atoms with Crippen LogP contribution in [0.4, 0.5) is 5.82 Å². The van der Waals surface area contributed by atoms with Crippen LogP contribution in [0.3, 0.4) is 0 Å². The Kier molecular flexibility index (Phi) is 5.58. The molecule has 2 aromatic rings. The minimum absolute atomic E-state index is 0.0704. The molecule has 3 rings (SSSR count). The van der Waals surface area contributed by atoms with Gasteiger partial charge in [0, 0.05) is 10.8 Å². The van der Waals surface area contributed by atoms with Crippen LogP contribution in [0.15, 0.2) is 12.7 Å². The van der Waals surface area contributed by atoms with Crippen LogP contribution in [-0.2, 0) is 9.16 Å². The van der Waals surface area contributed by atoms with Crippen LogP contribution in [0.2, 0.25) is 18.1 Å². The summed E-state index contributed by atoms with van der Waals surface area (Å²) < 4.78 is 15.5. The summed E-state index contributed by atoms with van der Waals surface area (Å²) in [6, 6.07) is 0. The van der Waals surface area contributed by atoms with E-state index in [2.05, 4.69) is 71.4 Å². The largest absolute Gasteiger partial charge is 0.411 e. The smallest absolute Gasteiger partial charge is 0.192 e. The maximum atomic E-state index is 10.2. The van der Waals surface area contributed by atoms with Crippen molar-refractivity contribution in [1.82, 2.24) is 19.5 Å². The van der Waals surface area contributed by atoms with Gasteiger partial charge in [-0.05, 0) is 18.1 Å². The molecule has 3 N–H and O–H groups in total. The van der Waals surface area contributed by atoms with Crippen LogP contribution in [-0.4, -0.2) is 55.7 Å². The highest BCUT2D eigenvalue weighted by Crippen LogP contribution is 2.45. The topological polar surface area (TPSA) is 108 Å². The highest BCUT2D eigenvalue weighted by molar-refractivity contribution is 14.1. The Morgan fingerprint density at radius 3 is 2.70 bits per heavy atom. The van der Waals surface area contributed by atoms with E-state index in [0.29, 0.717) is 27.8 Å². The Hall–Kier alpha value is -0.823. The van der Waals surface area contributed by atoms with Crippen molar-refractivity contribution in [1.29, 1.82) is 0 Å². The van der Waals surface area contributed by atoms with Gasteiger partial charge in [-0.3, -0.25) is 4.57 Å². The summed E-state index contributed by atoms with van der Waals surface area (Å²) in [6.45, 7) is 11.0. The number of nitrogen functional groups attached to an aromatic ring is 1. The average molecular weight is 505 g/mol. The molecule has 0 saturated carbocycles. The van der Waals surface area contributed by atoms with Gasteiger partial charge in [0.1, 0.15) is 23.7 Å². The fourth-order valence-corrected chi connectivity index (χ4v) is 5.32. The molecule has 0 aromatic carbocycles. The van der Waals surface area contributed by atoms with Gasteiger partial charge in [0.25, 0.3) is 0 Å². The average Bonchev–Trinajstić information content (AvgIpc) is 3.16. The van der Waals surface area contributed by atoms with Crippen LogP contribution in [0.1, 0.15) is 33.4 Å². The number of ether oxygens (including phenoxy) is 1.